The van der Waals surface area contributed by atoms with Gasteiger partial charge in [0.2, 0.25) is 29.5 Å². The van der Waals surface area contributed by atoms with E-state index >= 15 is 4.79 Å². The molecule has 0 radical (unpaired) electrons. The number of nitrogens with one attached hydrogen (secondary N) is 9. The lowest BCUT2D eigenvalue weighted by Gasteiger charge is -2.28. The van der Waals surface area contributed by atoms with Crippen LogP contribution in [0.25, 0.3) is 21.8 Å². The molecule has 1 fully saturated rings. The molecule has 9 N–H and O–H groups in total. The molecule has 1 aliphatic carbocycles. The van der Waals surface area contributed by atoms with Crippen LogP contribution in [0, 0.1) is 12.3 Å². The predicted octanol–water partition coefficient (Wildman–Crippen LogP) is 6.72. The van der Waals surface area contributed by atoms with Gasteiger partial charge in [0.1, 0.15) is 59.6 Å². The monoisotopic (exact) mass is 1300 g/mol. The van der Waals surface area contributed by atoms with Crippen molar-refractivity contribution in [1.82, 2.24) is 62.1 Å². The summed E-state index contributed by atoms with van der Waals surface area (Å²) in [5.41, 5.74) is 1.92. The van der Waals surface area contributed by atoms with Crippen molar-refractivity contribution in [2.75, 3.05) is 19.6 Å². The highest BCUT2D eigenvalue weighted by atomic mass is 16.6. The molecule has 0 aliphatic heterocycles. The Bertz CT molecular complexity index is 3570. The number of carbonyl (C=O) groups is 10. The number of rotatable bonds is 26. The van der Waals surface area contributed by atoms with E-state index in [1.54, 1.807) is 147 Å². The third-order valence-corrected chi connectivity index (χ3v) is 14.9. The van der Waals surface area contributed by atoms with E-state index in [2.05, 4.69) is 60.5 Å². The van der Waals surface area contributed by atoms with E-state index in [1.165, 1.54) is 35.4 Å². The van der Waals surface area contributed by atoms with Crippen molar-refractivity contribution in [2.45, 2.75) is 193 Å². The van der Waals surface area contributed by atoms with E-state index in [9.17, 15) is 43.2 Å². The fourth-order valence-electron chi connectivity index (χ4n) is 10.4. The molecule has 3 aromatic carbocycles. The number of para-hydroxylation sites is 2. The van der Waals surface area contributed by atoms with Gasteiger partial charge in [-0.05, 0) is 137 Å². The van der Waals surface area contributed by atoms with Crippen molar-refractivity contribution in [3.05, 3.63) is 121 Å². The summed E-state index contributed by atoms with van der Waals surface area (Å²) >= 11 is 0. The van der Waals surface area contributed by atoms with E-state index in [1.807, 2.05) is 0 Å². The Morgan fingerprint density at radius 2 is 1.05 bits per heavy atom. The van der Waals surface area contributed by atoms with E-state index in [-0.39, 0.29) is 37.6 Å². The SMILES string of the molecule is C#CCN(NC(=O)[C@H](C)NC(=O)OC(C)(C)C)C(=O)N[C@H](Cc1cn(C(=O)OC(C)(C)C)c2ccccc12)C(=O)N[C@@H](C)C(=O)N[C@@H](Cc1cn(C(=O)OC(C)(C)C)c2ccccc12)C(=O)N[C@H](Cc1ccccc1)C(=O)N[C@@H](CCCNCC=C)C(=O)NC1CCCC1. The molecule has 6 rings (SSSR count). The Labute approximate surface area is 549 Å². The number of hydrogen-bond donors (Lipinski definition) is 9. The van der Waals surface area contributed by atoms with Crippen LogP contribution in [-0.2, 0) is 62.2 Å². The molecule has 2 aromatic heterocycles. The van der Waals surface area contributed by atoms with Gasteiger partial charge in [-0.3, -0.25) is 43.3 Å². The van der Waals surface area contributed by atoms with E-state index < -0.39 is 113 Å². The van der Waals surface area contributed by atoms with Gasteiger partial charge in [-0.25, -0.2) is 24.2 Å². The van der Waals surface area contributed by atoms with Gasteiger partial charge < -0.3 is 56.7 Å². The van der Waals surface area contributed by atoms with Crippen LogP contribution in [-0.4, -0.2) is 153 Å². The maximum atomic E-state index is 15.3. The highest BCUT2D eigenvalue weighted by Crippen LogP contribution is 2.27. The molecule has 94 heavy (non-hydrogen) atoms. The summed E-state index contributed by atoms with van der Waals surface area (Å²) in [5, 5.41) is 24.3. The smallest absolute Gasteiger partial charge is 0.419 e. The summed E-state index contributed by atoms with van der Waals surface area (Å²) in [6.07, 6.45) is 11.6. The zero-order chi connectivity index (χ0) is 69.1. The number of urea groups is 1. The maximum absolute atomic E-state index is 15.3. The van der Waals surface area contributed by atoms with Crippen molar-refractivity contribution in [3.63, 3.8) is 0 Å². The molecule has 0 spiro atoms. The minimum absolute atomic E-state index is 0.0463. The quantitative estimate of drug-likeness (QED) is 0.00913. The summed E-state index contributed by atoms with van der Waals surface area (Å²) in [6, 6.07) is 13.2. The average molecular weight is 1300 g/mol. The maximum Gasteiger partial charge on any atom is 0.419 e. The molecule has 506 valence electrons. The first kappa shape index (κ1) is 73.4. The van der Waals surface area contributed by atoms with E-state index in [4.69, 9.17) is 20.6 Å². The second-order valence-electron chi connectivity index (χ2n) is 26.3. The molecular weight excluding hydrogens is 1200 g/mol. The number of carbonyl (C=O) groups excluding carboxylic acids is 10. The van der Waals surface area contributed by atoms with Crippen LogP contribution in [0.2, 0.25) is 0 Å². The molecule has 2 heterocycles. The predicted molar refractivity (Wildman–Crippen MR) is 356 cm³/mol. The molecule has 0 unspecified atom stereocenters. The van der Waals surface area contributed by atoms with Crippen LogP contribution >= 0.6 is 0 Å². The van der Waals surface area contributed by atoms with Gasteiger partial charge in [0.15, 0.2) is 0 Å². The first-order chi connectivity index (χ1) is 44.3. The molecule has 0 bridgehead atoms. The van der Waals surface area contributed by atoms with Gasteiger partial charge in [-0.1, -0.05) is 91.6 Å². The number of benzene rings is 3. The molecule has 0 saturated heterocycles. The molecule has 5 aromatic rings. The topological polar surface area (TPSA) is 320 Å². The standard InChI is InChI=1S/C69H92N12O13/c1-14-35-70-36-25-32-51(59(84)73-48-28-19-20-29-48)74-61(86)52(38-45-26-17-16-18-27-45)76-62(87)53(39-46-41-79(65(90)93-68(8,9)10)55-33-23-21-30-49(46)55)75-57(82)43(3)71-60(85)54(40-47-42-80(66(91)94-69(11,12)13)56-34-24-22-31-50(47)56)77-63(88)81(37-15-2)78-58(83)44(4)72-64(89)92-67(5,6)7/h2,14,16-18,21-24,26-27,30-31,33-34,41-44,48,51-54,70H,1,19-20,25,28-29,32,35-40H2,3-13H3,(H,71,85)(H,72,89)(H,73,84)(H,74,86)(H,75,82)(H,76,87)(H,77,88)(H,78,83)/t43-,44-,51-,52+,53-,54+/m0/s1. The fourth-order valence-corrected chi connectivity index (χ4v) is 10.4. The van der Waals surface area contributed by atoms with Crippen LogP contribution in [0.5, 0.6) is 0 Å². The Kier molecular flexibility index (Phi) is 25.9. The lowest BCUT2D eigenvalue weighted by Crippen LogP contribution is -2.61. The lowest BCUT2D eigenvalue weighted by atomic mass is 10.0. The van der Waals surface area contributed by atoms with Crippen LogP contribution in [0.1, 0.15) is 131 Å². The second-order valence-corrected chi connectivity index (χ2v) is 26.3. The highest BCUT2D eigenvalue weighted by Gasteiger charge is 2.36. The Morgan fingerprint density at radius 1 is 0.585 bits per heavy atom. The summed E-state index contributed by atoms with van der Waals surface area (Å²) in [6.45, 7) is 22.1. The Balaban J connectivity index is 1.35. The van der Waals surface area contributed by atoms with Crippen LogP contribution < -0.4 is 48.0 Å². The zero-order valence-corrected chi connectivity index (χ0v) is 55.7. The fraction of sp³-hybridized carbons (Fsp3) is 0.478. The van der Waals surface area contributed by atoms with E-state index in [0.29, 0.717) is 63.0 Å². The van der Waals surface area contributed by atoms with Gasteiger partial charge in [-0.2, -0.15) is 0 Å². The van der Waals surface area contributed by atoms with Gasteiger partial charge >= 0.3 is 24.3 Å². The van der Waals surface area contributed by atoms with Crippen molar-refractivity contribution < 1.29 is 62.2 Å². The summed E-state index contributed by atoms with van der Waals surface area (Å²) in [7, 11) is 0. The van der Waals surface area contributed by atoms with Gasteiger partial charge in [0.05, 0.1) is 11.0 Å². The summed E-state index contributed by atoms with van der Waals surface area (Å²) in [4.78, 5) is 142. The first-order valence-corrected chi connectivity index (χ1v) is 31.7. The molecular formula is C69H92N12O13. The number of hydrazine groups is 1. The van der Waals surface area contributed by atoms with Crippen molar-refractivity contribution >= 4 is 81.6 Å². The average Bonchev–Trinajstić information content (AvgIpc) is 1.64. The summed E-state index contributed by atoms with van der Waals surface area (Å²) in [5.74, 6) is -2.36. The largest absolute Gasteiger partial charge is 0.444 e. The molecule has 1 aliphatic rings. The summed E-state index contributed by atoms with van der Waals surface area (Å²) < 4.78 is 19.3. The van der Waals surface area contributed by atoms with Crippen LogP contribution in [0.4, 0.5) is 19.2 Å². The minimum Gasteiger partial charge on any atom is -0.444 e. The number of ether oxygens (including phenoxy) is 3. The molecule has 9 amide bonds. The van der Waals surface area contributed by atoms with E-state index in [0.717, 1.165) is 25.7 Å². The van der Waals surface area contributed by atoms with Gasteiger partial charge in [-0.15, -0.1) is 13.0 Å². The normalized spacial score (nSPS) is 14.5. The zero-order valence-electron chi connectivity index (χ0n) is 55.7. The second kappa shape index (κ2) is 33.2. The van der Waals surface area contributed by atoms with Gasteiger partial charge in [0, 0.05) is 55.0 Å². The van der Waals surface area contributed by atoms with Crippen molar-refractivity contribution in [1.29, 1.82) is 0 Å². The molecule has 6 atom stereocenters. The lowest BCUT2D eigenvalue weighted by molar-refractivity contribution is -0.134. The third kappa shape index (κ3) is 22.3. The molecule has 25 heteroatoms. The number of amides is 9. The number of terminal acetylenes is 1. The van der Waals surface area contributed by atoms with Crippen LogP contribution in [0.15, 0.2) is 104 Å². The van der Waals surface area contributed by atoms with Crippen molar-refractivity contribution in [3.8, 4) is 12.3 Å². The molecule has 25 nitrogen and oxygen atoms in total. The molecule has 1 saturated carbocycles. The highest BCUT2D eigenvalue weighted by molar-refractivity contribution is 5.99. The van der Waals surface area contributed by atoms with Crippen LogP contribution in [0.3, 0.4) is 0 Å². The van der Waals surface area contributed by atoms with Crippen molar-refractivity contribution in [2.24, 2.45) is 0 Å². The number of hydrogen-bond acceptors (Lipinski definition) is 14. The number of aromatic nitrogens is 2. The Hall–Kier alpha value is -9.70. The first-order valence-electron chi connectivity index (χ1n) is 31.7. The number of alkyl carbamates (subject to hydrolysis) is 1. The number of fused-ring (bicyclic) bond motifs is 2. The van der Waals surface area contributed by atoms with Gasteiger partial charge in [0.25, 0.3) is 5.91 Å². The Morgan fingerprint density at radius 3 is 1.57 bits per heavy atom. The minimum atomic E-state index is -1.61. The number of nitrogens with zero attached hydrogens (tertiary/aromatic N) is 3. The third-order valence-electron chi connectivity index (χ3n) is 14.9.